The quantitative estimate of drug-likeness (QED) is 0.382. The lowest BCUT2D eigenvalue weighted by molar-refractivity contribution is -0.278. The van der Waals surface area contributed by atoms with Crippen molar-refractivity contribution in [1.29, 1.82) is 0 Å². The van der Waals surface area contributed by atoms with Crippen molar-refractivity contribution in [2.24, 2.45) is 0 Å². The number of esters is 1. The second-order valence-corrected chi connectivity index (χ2v) is 8.08. The molecule has 182 valence electrons. The number of ketones is 1. The van der Waals surface area contributed by atoms with Crippen molar-refractivity contribution in [2.45, 2.75) is 50.2 Å². The van der Waals surface area contributed by atoms with E-state index in [2.05, 4.69) is 0 Å². The van der Waals surface area contributed by atoms with Crippen LogP contribution in [0.5, 0.6) is 23.0 Å². The molecule has 1 saturated heterocycles. The van der Waals surface area contributed by atoms with E-state index in [1.165, 1.54) is 25.1 Å². The second kappa shape index (κ2) is 9.47. The number of carbonyl (C=O) groups excluding carboxylic acids is 2. The van der Waals surface area contributed by atoms with E-state index >= 15 is 0 Å². The maximum atomic E-state index is 12.5. The summed E-state index contributed by atoms with van der Waals surface area (Å²) in [6.07, 6.45) is -7.81. The highest BCUT2D eigenvalue weighted by molar-refractivity contribution is 6.02. The van der Waals surface area contributed by atoms with Gasteiger partial charge in [0.2, 0.25) is 6.29 Å². The molecule has 0 bridgehead atoms. The molecule has 1 fully saturated rings. The van der Waals surface area contributed by atoms with Gasteiger partial charge >= 0.3 is 5.97 Å². The highest BCUT2D eigenvalue weighted by atomic mass is 16.7. The maximum absolute atomic E-state index is 12.5. The number of hydrogen-bond acceptors (Lipinski definition) is 11. The summed E-state index contributed by atoms with van der Waals surface area (Å²) in [6, 6.07) is 8.64. The minimum absolute atomic E-state index is 0.0153. The van der Waals surface area contributed by atoms with Gasteiger partial charge in [0.15, 0.2) is 5.78 Å². The van der Waals surface area contributed by atoms with Crippen molar-refractivity contribution < 1.29 is 54.1 Å². The number of aromatic hydroxyl groups is 2. The van der Waals surface area contributed by atoms with Crippen molar-refractivity contribution in [2.75, 3.05) is 6.61 Å². The second-order valence-electron chi connectivity index (χ2n) is 8.08. The van der Waals surface area contributed by atoms with Gasteiger partial charge in [-0.25, -0.2) is 0 Å². The maximum Gasteiger partial charge on any atom is 0.302 e. The monoisotopic (exact) mass is 476 g/mol. The molecule has 1 unspecified atom stereocenters. The van der Waals surface area contributed by atoms with Gasteiger partial charge in [-0.15, -0.1) is 0 Å². The van der Waals surface area contributed by atoms with Crippen LogP contribution in [0.15, 0.2) is 36.4 Å². The molecule has 0 spiro atoms. The molecule has 34 heavy (non-hydrogen) atoms. The molecular formula is C23H24O11. The zero-order valence-corrected chi connectivity index (χ0v) is 18.0. The molecule has 0 aromatic heterocycles. The third-order valence-corrected chi connectivity index (χ3v) is 5.61. The lowest BCUT2D eigenvalue weighted by Crippen LogP contribution is -2.60. The number of phenolic OH excluding ortho intramolecular Hbond substituents is 2. The van der Waals surface area contributed by atoms with Crippen molar-refractivity contribution in [1.82, 2.24) is 0 Å². The van der Waals surface area contributed by atoms with E-state index in [4.69, 9.17) is 18.9 Å². The molecule has 2 aromatic rings. The first-order valence-corrected chi connectivity index (χ1v) is 10.5. The Hall–Kier alpha value is -3.38. The van der Waals surface area contributed by atoms with Crippen LogP contribution in [0.4, 0.5) is 0 Å². The zero-order chi connectivity index (χ0) is 24.6. The average molecular weight is 476 g/mol. The molecule has 0 saturated carbocycles. The van der Waals surface area contributed by atoms with Gasteiger partial charge in [-0.2, -0.15) is 0 Å². The average Bonchev–Trinajstić information content (AvgIpc) is 2.78. The van der Waals surface area contributed by atoms with E-state index in [1.54, 1.807) is 12.1 Å². The van der Waals surface area contributed by atoms with Crippen molar-refractivity contribution in [3.05, 3.63) is 47.5 Å². The van der Waals surface area contributed by atoms with E-state index in [0.29, 0.717) is 5.56 Å². The standard InChI is InChI=1S/C23H24O11/c1-10(24)31-9-18-20(28)21(29)22(30)23(34-18)32-13-4-2-11(3-5-13)16-8-15(27)19-14(26)6-12(25)7-17(19)33-16/h2-7,16,18,20-23,25-26,28-30H,8-9H2,1H3/t16?,18-,20-,21+,22-,23-/m1/s1. The SMILES string of the molecule is CC(=O)OC[C@H]1O[C@@H](Oc2ccc(C3CC(=O)c4c(O)cc(O)cc4O3)cc2)[C@H](O)[C@@H](O)[C@@H]1O. The summed E-state index contributed by atoms with van der Waals surface area (Å²) >= 11 is 0. The first kappa shape index (κ1) is 23.8. The third-order valence-electron chi connectivity index (χ3n) is 5.61. The fraction of sp³-hybridized carbons (Fsp3) is 0.391. The fourth-order valence-electron chi connectivity index (χ4n) is 3.86. The molecule has 2 aliphatic heterocycles. The van der Waals surface area contributed by atoms with Crippen LogP contribution in [0, 0.1) is 0 Å². The van der Waals surface area contributed by atoms with Crippen LogP contribution >= 0.6 is 0 Å². The van der Waals surface area contributed by atoms with Crippen LogP contribution in [0.2, 0.25) is 0 Å². The summed E-state index contributed by atoms with van der Waals surface area (Å²) in [5.74, 6) is -1.20. The Labute approximate surface area is 193 Å². The zero-order valence-electron chi connectivity index (χ0n) is 18.0. The summed E-state index contributed by atoms with van der Waals surface area (Å²) in [5.41, 5.74) is 0.629. The predicted molar refractivity (Wildman–Crippen MR) is 112 cm³/mol. The molecule has 2 heterocycles. The van der Waals surface area contributed by atoms with Crippen LogP contribution < -0.4 is 9.47 Å². The van der Waals surface area contributed by atoms with Gasteiger partial charge in [0, 0.05) is 19.1 Å². The molecule has 2 aliphatic rings. The number of ether oxygens (including phenoxy) is 4. The molecule has 0 aliphatic carbocycles. The van der Waals surface area contributed by atoms with Gasteiger partial charge in [-0.1, -0.05) is 12.1 Å². The Kier molecular flexibility index (Phi) is 6.62. The molecule has 6 atom stereocenters. The molecule has 5 N–H and O–H groups in total. The number of aliphatic hydroxyl groups is 3. The van der Waals surface area contributed by atoms with Gasteiger partial charge < -0.3 is 44.5 Å². The van der Waals surface area contributed by atoms with Crippen molar-refractivity contribution >= 4 is 11.8 Å². The number of Topliss-reactive ketones (excluding diaryl/α,β-unsaturated/α-hetero) is 1. The van der Waals surface area contributed by atoms with E-state index < -0.39 is 42.8 Å². The molecule has 11 nitrogen and oxygen atoms in total. The Morgan fingerprint density at radius 3 is 2.44 bits per heavy atom. The largest absolute Gasteiger partial charge is 0.508 e. The van der Waals surface area contributed by atoms with Crippen LogP contribution in [0.3, 0.4) is 0 Å². The Balaban J connectivity index is 1.45. The van der Waals surface area contributed by atoms with Gasteiger partial charge in [-0.3, -0.25) is 9.59 Å². The first-order chi connectivity index (χ1) is 16.1. The van der Waals surface area contributed by atoms with Crippen LogP contribution in [0.25, 0.3) is 0 Å². The number of hydrogen-bond donors (Lipinski definition) is 5. The molecule has 2 aromatic carbocycles. The fourth-order valence-corrected chi connectivity index (χ4v) is 3.86. The number of rotatable bonds is 5. The highest BCUT2D eigenvalue weighted by Gasteiger charge is 2.45. The smallest absolute Gasteiger partial charge is 0.302 e. The van der Waals surface area contributed by atoms with E-state index in [9.17, 15) is 35.1 Å². The minimum atomic E-state index is -1.59. The Morgan fingerprint density at radius 2 is 1.76 bits per heavy atom. The van der Waals surface area contributed by atoms with Crippen LogP contribution in [0.1, 0.15) is 35.4 Å². The van der Waals surface area contributed by atoms with E-state index in [-0.39, 0.29) is 47.4 Å². The van der Waals surface area contributed by atoms with Crippen LogP contribution in [-0.4, -0.2) is 74.6 Å². The summed E-state index contributed by atoms with van der Waals surface area (Å²) in [4.78, 5) is 23.5. The van der Waals surface area contributed by atoms with Gasteiger partial charge in [0.25, 0.3) is 0 Å². The molecule has 0 amide bonds. The number of fused-ring (bicyclic) bond motifs is 1. The summed E-state index contributed by atoms with van der Waals surface area (Å²) in [7, 11) is 0. The lowest BCUT2D eigenvalue weighted by Gasteiger charge is -2.39. The lowest BCUT2D eigenvalue weighted by atomic mass is 9.95. The number of carbonyl (C=O) groups is 2. The molecule has 0 radical (unpaired) electrons. The van der Waals surface area contributed by atoms with Crippen LogP contribution in [-0.2, 0) is 14.3 Å². The predicted octanol–water partition coefficient (Wildman–Crippen LogP) is 0.554. The first-order valence-electron chi connectivity index (χ1n) is 10.5. The Morgan fingerprint density at radius 1 is 1.06 bits per heavy atom. The molecule has 4 rings (SSSR count). The minimum Gasteiger partial charge on any atom is -0.508 e. The van der Waals surface area contributed by atoms with Gasteiger partial charge in [0.05, 0.1) is 6.42 Å². The van der Waals surface area contributed by atoms with Gasteiger partial charge in [0.1, 0.15) is 65.7 Å². The number of benzene rings is 2. The number of phenols is 2. The van der Waals surface area contributed by atoms with E-state index in [0.717, 1.165) is 6.07 Å². The highest BCUT2D eigenvalue weighted by Crippen LogP contribution is 2.41. The van der Waals surface area contributed by atoms with Crippen molar-refractivity contribution in [3.63, 3.8) is 0 Å². The summed E-state index contributed by atoms with van der Waals surface area (Å²) in [6.45, 7) is 0.850. The molecular weight excluding hydrogens is 452 g/mol. The number of aliphatic hydroxyl groups excluding tert-OH is 3. The molecule has 11 heteroatoms. The van der Waals surface area contributed by atoms with Gasteiger partial charge in [-0.05, 0) is 17.7 Å². The summed E-state index contributed by atoms with van der Waals surface area (Å²) in [5, 5.41) is 50.0. The van der Waals surface area contributed by atoms with Crippen molar-refractivity contribution in [3.8, 4) is 23.0 Å². The topological polar surface area (TPSA) is 172 Å². The summed E-state index contributed by atoms with van der Waals surface area (Å²) < 4.78 is 21.7. The third kappa shape index (κ3) is 4.77. The normalized spacial score (nSPS) is 28.5. The van der Waals surface area contributed by atoms with E-state index in [1.807, 2.05) is 0 Å². The Bertz CT molecular complexity index is 1070.